The number of aromatic amines is 1. The van der Waals surface area contributed by atoms with Crippen LogP contribution in [0.5, 0.6) is 0 Å². The lowest BCUT2D eigenvalue weighted by Crippen LogP contribution is -2.40. The summed E-state index contributed by atoms with van der Waals surface area (Å²) in [6.45, 7) is 2.02. The Morgan fingerprint density at radius 1 is 1.38 bits per heavy atom. The predicted octanol–water partition coefficient (Wildman–Crippen LogP) is 1.01. The molecule has 0 saturated carbocycles. The van der Waals surface area contributed by atoms with Crippen LogP contribution in [0.15, 0.2) is 41.7 Å². The Morgan fingerprint density at radius 2 is 2.14 bits per heavy atom. The van der Waals surface area contributed by atoms with Gasteiger partial charge in [-0.05, 0) is 25.1 Å². The van der Waals surface area contributed by atoms with Gasteiger partial charge in [-0.3, -0.25) is 4.79 Å². The number of H-pyrrole nitrogens is 1. The van der Waals surface area contributed by atoms with Crippen LogP contribution < -0.4 is 0 Å². The molecule has 0 bridgehead atoms. The Bertz CT molecular complexity index is 1150. The van der Waals surface area contributed by atoms with Crippen molar-refractivity contribution in [1.82, 2.24) is 14.9 Å². The maximum absolute atomic E-state index is 12.9. The fraction of sp³-hybridized carbons (Fsp3) is 0.316. The van der Waals surface area contributed by atoms with Crippen molar-refractivity contribution >= 4 is 38.7 Å². The third kappa shape index (κ3) is 3.63. The monoisotopic (exact) mass is 417 g/mol. The Labute approximate surface area is 166 Å². The normalized spacial score (nSPS) is 20.4. The third-order valence-corrected chi connectivity index (χ3v) is 6.36. The lowest BCUT2D eigenvalue weighted by Gasteiger charge is -2.28. The number of esters is 1. The summed E-state index contributed by atoms with van der Waals surface area (Å²) in [7, 11) is -3.13. The van der Waals surface area contributed by atoms with Crippen molar-refractivity contribution in [2.75, 3.05) is 31.2 Å². The standard InChI is InChI=1S/C19H19N3O6S/c1-2-27-19(24)15-16(23)14(10-12-11-21-17-13(12)4-3-5-20-17)28-18(15)22-6-8-29(25,26)9-7-22/h3-5,10-11H,2,6-9H2,1H3,(H,20,21)/b14-10-. The van der Waals surface area contributed by atoms with E-state index in [4.69, 9.17) is 9.47 Å². The molecule has 0 atom stereocenters. The van der Waals surface area contributed by atoms with Crippen LogP contribution in [0.2, 0.25) is 0 Å². The van der Waals surface area contributed by atoms with Crippen LogP contribution in [0, 0.1) is 0 Å². The van der Waals surface area contributed by atoms with Gasteiger partial charge < -0.3 is 19.4 Å². The van der Waals surface area contributed by atoms with Crippen LogP contribution in [0.1, 0.15) is 12.5 Å². The van der Waals surface area contributed by atoms with Gasteiger partial charge in [0.1, 0.15) is 5.65 Å². The molecular formula is C19H19N3O6S. The van der Waals surface area contributed by atoms with E-state index >= 15 is 0 Å². The van der Waals surface area contributed by atoms with Crippen LogP contribution in [-0.4, -0.2) is 66.2 Å². The summed E-state index contributed by atoms with van der Waals surface area (Å²) in [5, 5.41) is 0.798. The molecule has 0 aliphatic carbocycles. The smallest absolute Gasteiger partial charge is 0.347 e. The Morgan fingerprint density at radius 3 is 2.86 bits per heavy atom. The zero-order valence-electron chi connectivity index (χ0n) is 15.7. The SMILES string of the molecule is CCOC(=O)C1=C(N2CCS(=O)(=O)CC2)O/C(=C\c2c[nH]c3ncccc23)C1=O. The number of carbonyl (C=O) groups is 2. The van der Waals surface area contributed by atoms with Gasteiger partial charge in [-0.2, -0.15) is 0 Å². The number of ether oxygens (including phenoxy) is 2. The number of Topliss-reactive ketones (excluding diaryl/α,β-unsaturated/α-hetero) is 1. The third-order valence-electron chi connectivity index (χ3n) is 4.75. The van der Waals surface area contributed by atoms with Crippen molar-refractivity contribution in [1.29, 1.82) is 0 Å². The van der Waals surface area contributed by atoms with Gasteiger partial charge in [-0.25, -0.2) is 18.2 Å². The second-order valence-corrected chi connectivity index (χ2v) is 8.93. The van der Waals surface area contributed by atoms with Crippen molar-refractivity contribution in [3.8, 4) is 0 Å². The van der Waals surface area contributed by atoms with Gasteiger partial charge in [0, 0.05) is 36.4 Å². The highest BCUT2D eigenvalue weighted by molar-refractivity contribution is 7.91. The van der Waals surface area contributed by atoms with E-state index in [-0.39, 0.29) is 48.4 Å². The van der Waals surface area contributed by atoms with Crippen molar-refractivity contribution in [2.45, 2.75) is 6.92 Å². The molecule has 4 heterocycles. The molecule has 2 aliphatic heterocycles. The highest BCUT2D eigenvalue weighted by Crippen LogP contribution is 2.31. The highest BCUT2D eigenvalue weighted by Gasteiger charge is 2.40. The highest BCUT2D eigenvalue weighted by atomic mass is 32.2. The number of hydrogen-bond donors (Lipinski definition) is 1. The summed E-state index contributed by atoms with van der Waals surface area (Å²) in [6.07, 6.45) is 4.88. The number of ketones is 1. The molecule has 9 nitrogen and oxygen atoms in total. The van der Waals surface area contributed by atoms with E-state index in [9.17, 15) is 18.0 Å². The molecule has 2 aromatic rings. The van der Waals surface area contributed by atoms with Gasteiger partial charge in [0.15, 0.2) is 21.2 Å². The molecule has 0 spiro atoms. The summed E-state index contributed by atoms with van der Waals surface area (Å²) in [6, 6.07) is 3.62. The van der Waals surface area contributed by atoms with E-state index < -0.39 is 21.6 Å². The topological polar surface area (TPSA) is 119 Å². The summed E-state index contributed by atoms with van der Waals surface area (Å²) >= 11 is 0. The van der Waals surface area contributed by atoms with Crippen LogP contribution in [0.3, 0.4) is 0 Å². The molecule has 152 valence electrons. The van der Waals surface area contributed by atoms with E-state index in [0.717, 1.165) is 5.39 Å². The second kappa shape index (κ2) is 7.36. The largest absolute Gasteiger partial charge is 0.462 e. The number of aromatic nitrogens is 2. The average Bonchev–Trinajstić information content (AvgIpc) is 3.24. The lowest BCUT2D eigenvalue weighted by molar-refractivity contribution is -0.139. The van der Waals surface area contributed by atoms with Gasteiger partial charge in [0.05, 0.1) is 18.1 Å². The zero-order chi connectivity index (χ0) is 20.6. The summed E-state index contributed by atoms with van der Waals surface area (Å²) < 4.78 is 34.3. The fourth-order valence-electron chi connectivity index (χ4n) is 3.28. The number of nitrogens with zero attached hydrogens (tertiary/aromatic N) is 2. The van der Waals surface area contributed by atoms with Gasteiger partial charge in [0.25, 0.3) is 0 Å². The molecule has 2 aromatic heterocycles. The van der Waals surface area contributed by atoms with E-state index in [2.05, 4.69) is 9.97 Å². The number of sulfone groups is 1. The summed E-state index contributed by atoms with van der Waals surface area (Å²) in [5.74, 6) is -1.50. The first kappa shape index (κ1) is 19.2. The second-order valence-electron chi connectivity index (χ2n) is 6.62. The van der Waals surface area contributed by atoms with Gasteiger partial charge in [-0.15, -0.1) is 0 Å². The Hall–Kier alpha value is -3.14. The lowest BCUT2D eigenvalue weighted by atomic mass is 10.1. The number of carbonyl (C=O) groups excluding carboxylic acids is 2. The van der Waals surface area contributed by atoms with Crippen LogP contribution in [-0.2, 0) is 28.9 Å². The Kier molecular flexibility index (Phi) is 4.87. The van der Waals surface area contributed by atoms with Crippen molar-refractivity contribution in [3.63, 3.8) is 0 Å². The van der Waals surface area contributed by atoms with E-state index in [0.29, 0.717) is 11.2 Å². The first-order valence-electron chi connectivity index (χ1n) is 9.12. The number of allylic oxidation sites excluding steroid dienone is 1. The molecule has 2 aliphatic rings. The quantitative estimate of drug-likeness (QED) is 0.445. The fourth-order valence-corrected chi connectivity index (χ4v) is 4.48. The summed E-state index contributed by atoms with van der Waals surface area (Å²) in [4.78, 5) is 34.2. The van der Waals surface area contributed by atoms with Crippen molar-refractivity contribution < 1.29 is 27.5 Å². The maximum Gasteiger partial charge on any atom is 0.347 e. The van der Waals surface area contributed by atoms with E-state index in [1.54, 1.807) is 30.3 Å². The molecule has 0 radical (unpaired) electrons. The van der Waals surface area contributed by atoms with Gasteiger partial charge >= 0.3 is 5.97 Å². The van der Waals surface area contributed by atoms with Crippen LogP contribution >= 0.6 is 0 Å². The molecule has 1 saturated heterocycles. The average molecular weight is 417 g/mol. The number of rotatable bonds is 4. The van der Waals surface area contributed by atoms with Crippen LogP contribution in [0.4, 0.5) is 0 Å². The molecular weight excluding hydrogens is 398 g/mol. The molecule has 4 rings (SSSR count). The number of hydrogen-bond acceptors (Lipinski definition) is 8. The minimum absolute atomic E-state index is 0.0266. The number of pyridine rings is 1. The molecule has 29 heavy (non-hydrogen) atoms. The van der Waals surface area contributed by atoms with Crippen LogP contribution in [0.25, 0.3) is 17.1 Å². The van der Waals surface area contributed by atoms with Crippen molar-refractivity contribution in [3.05, 3.63) is 47.3 Å². The number of fused-ring (bicyclic) bond motifs is 1. The minimum Gasteiger partial charge on any atom is -0.462 e. The zero-order valence-corrected chi connectivity index (χ0v) is 16.5. The first-order valence-corrected chi connectivity index (χ1v) is 10.9. The van der Waals surface area contributed by atoms with Gasteiger partial charge in [0.2, 0.25) is 11.7 Å². The molecule has 10 heteroatoms. The molecule has 1 N–H and O–H groups in total. The molecule has 1 fully saturated rings. The number of nitrogens with one attached hydrogen (secondary N) is 1. The Balaban J connectivity index is 1.70. The molecule has 0 aromatic carbocycles. The predicted molar refractivity (Wildman–Crippen MR) is 104 cm³/mol. The van der Waals surface area contributed by atoms with E-state index in [1.165, 1.54) is 6.08 Å². The maximum atomic E-state index is 12.9. The summed E-state index contributed by atoms with van der Waals surface area (Å²) in [5.41, 5.74) is 1.13. The molecule has 0 unspecified atom stereocenters. The first-order chi connectivity index (χ1) is 13.9. The molecule has 0 amide bonds. The van der Waals surface area contributed by atoms with Crippen molar-refractivity contribution in [2.24, 2.45) is 0 Å². The minimum atomic E-state index is -3.13. The van der Waals surface area contributed by atoms with Gasteiger partial charge in [-0.1, -0.05) is 0 Å². The van der Waals surface area contributed by atoms with E-state index in [1.807, 2.05) is 6.07 Å².